The Kier molecular flexibility index (Phi) is 5.79. The Hall–Kier alpha value is -3.11. The molecule has 0 bridgehead atoms. The average molecular weight is 498 g/mol. The van der Waals surface area contributed by atoms with E-state index in [1.54, 1.807) is 20.2 Å². The third-order valence-corrected chi connectivity index (χ3v) is 8.62. The van der Waals surface area contributed by atoms with Crippen LogP contribution >= 0.6 is 0 Å². The van der Waals surface area contributed by atoms with Crippen molar-refractivity contribution >= 4 is 34.7 Å². The minimum Gasteiger partial charge on any atom is -0.507 e. The van der Waals surface area contributed by atoms with Crippen molar-refractivity contribution in [1.82, 2.24) is 4.90 Å². The Labute approximate surface area is 208 Å². The largest absolute Gasteiger partial charge is 0.507 e. The van der Waals surface area contributed by atoms with E-state index in [1.807, 2.05) is 0 Å². The van der Waals surface area contributed by atoms with Crippen LogP contribution in [0.1, 0.15) is 41.6 Å². The van der Waals surface area contributed by atoms with Gasteiger partial charge in [-0.1, -0.05) is 0 Å². The lowest BCUT2D eigenvalue weighted by molar-refractivity contribution is -0.181. The molecule has 1 amide bonds. The fraction of sp³-hybridized carbons (Fsp3) is 0.577. The number of Topliss-reactive ketones (excluding diaryl/α,β-unsaturated/α-hetero) is 4. The molecule has 36 heavy (non-hydrogen) atoms. The molecular weight excluding hydrogens is 466 g/mol. The van der Waals surface area contributed by atoms with Gasteiger partial charge in [0, 0.05) is 24.7 Å². The summed E-state index contributed by atoms with van der Waals surface area (Å²) in [4.78, 5) is 69.7. The van der Waals surface area contributed by atoms with Gasteiger partial charge in [-0.15, -0.1) is 0 Å². The smallest absolute Gasteiger partial charge is 0.235 e. The number of amides is 1. The van der Waals surface area contributed by atoms with Gasteiger partial charge in [0.1, 0.15) is 5.75 Å². The molecule has 0 spiro atoms. The molecule has 10 nitrogen and oxygen atoms in total. The van der Waals surface area contributed by atoms with Crippen molar-refractivity contribution in [2.75, 3.05) is 32.1 Å². The average Bonchev–Trinajstić information content (AvgIpc) is 2.81. The van der Waals surface area contributed by atoms with Crippen molar-refractivity contribution in [2.24, 2.45) is 29.4 Å². The van der Waals surface area contributed by atoms with Crippen LogP contribution in [0.5, 0.6) is 5.75 Å². The summed E-state index contributed by atoms with van der Waals surface area (Å²) in [5.41, 5.74) is 4.19. The van der Waals surface area contributed by atoms with Gasteiger partial charge in [-0.25, -0.2) is 0 Å². The van der Waals surface area contributed by atoms with Gasteiger partial charge in [-0.3, -0.25) is 28.9 Å². The second-order valence-corrected chi connectivity index (χ2v) is 10.8. The van der Waals surface area contributed by atoms with E-state index in [9.17, 15) is 34.2 Å². The predicted molar refractivity (Wildman–Crippen MR) is 127 cm³/mol. The van der Waals surface area contributed by atoms with Gasteiger partial charge in [-0.2, -0.15) is 0 Å². The number of hydrogen-bond acceptors (Lipinski definition) is 9. The number of phenols is 1. The number of ketones is 4. The van der Waals surface area contributed by atoms with E-state index in [4.69, 9.17) is 5.73 Å². The van der Waals surface area contributed by atoms with Crippen molar-refractivity contribution in [1.29, 1.82) is 0 Å². The molecule has 4 aliphatic rings. The molecule has 192 valence electrons. The summed E-state index contributed by atoms with van der Waals surface area (Å²) < 4.78 is 0. The topological polar surface area (TPSA) is 158 Å². The molecule has 1 aromatic rings. The highest BCUT2D eigenvalue weighted by Crippen LogP contribution is 2.51. The summed E-state index contributed by atoms with van der Waals surface area (Å²) in [6.45, 7) is 1.64. The molecule has 10 heteroatoms. The van der Waals surface area contributed by atoms with Gasteiger partial charge in [0.15, 0.2) is 34.7 Å². The van der Waals surface area contributed by atoms with E-state index in [1.165, 1.54) is 11.0 Å². The van der Waals surface area contributed by atoms with Crippen molar-refractivity contribution in [2.45, 2.75) is 43.7 Å². The van der Waals surface area contributed by atoms with Gasteiger partial charge in [-0.05, 0) is 69.8 Å². The highest BCUT2D eigenvalue weighted by atomic mass is 16.3. The molecule has 3 aliphatic carbocycles. The number of primary amides is 1. The third-order valence-electron chi connectivity index (χ3n) is 8.62. The molecule has 0 radical (unpaired) electrons. The molecule has 6 atom stereocenters. The fourth-order valence-electron chi connectivity index (χ4n) is 7.02. The van der Waals surface area contributed by atoms with Gasteiger partial charge in [0.05, 0.1) is 17.5 Å². The normalized spacial score (nSPS) is 34.3. The number of hydrogen-bond donors (Lipinski definition) is 3. The van der Waals surface area contributed by atoms with Crippen molar-refractivity contribution in [3.63, 3.8) is 0 Å². The molecule has 3 unspecified atom stereocenters. The number of fused-ring (bicyclic) bond motifs is 3. The number of likely N-dealkylation sites (N-methyl/N-ethyl adjacent to an activating group) is 1. The summed E-state index contributed by atoms with van der Waals surface area (Å²) in [5, 5.41) is 22.3. The van der Waals surface area contributed by atoms with Crippen LogP contribution in [-0.2, 0) is 25.6 Å². The van der Waals surface area contributed by atoms with Crippen LogP contribution in [0.4, 0.5) is 5.69 Å². The van der Waals surface area contributed by atoms with Gasteiger partial charge in [0.25, 0.3) is 0 Å². The summed E-state index contributed by atoms with van der Waals surface area (Å²) in [7, 11) is 3.14. The first-order chi connectivity index (χ1) is 17.0. The van der Waals surface area contributed by atoms with E-state index < -0.39 is 64.4 Å². The minimum absolute atomic E-state index is 0.0460. The van der Waals surface area contributed by atoms with Crippen LogP contribution < -0.4 is 10.6 Å². The quantitative estimate of drug-likeness (QED) is 0.483. The molecule has 2 saturated carbocycles. The lowest BCUT2D eigenvalue weighted by atomic mass is 9.52. The van der Waals surface area contributed by atoms with Crippen LogP contribution in [0, 0.1) is 23.7 Å². The highest BCUT2D eigenvalue weighted by molar-refractivity contribution is 6.32. The van der Waals surface area contributed by atoms with E-state index in [0.717, 1.165) is 38.0 Å². The fourth-order valence-corrected chi connectivity index (χ4v) is 7.02. The number of anilines is 1. The first-order valence-corrected chi connectivity index (χ1v) is 12.4. The molecule has 3 fully saturated rings. The standard InChI is InChI=1S/C26H31N3O7/c1-28(2)20-14-11-12-10-13-15(29-8-4-3-5-9-29)6-7-16(30)18(13)21(31)17(12)23(33)26(14,36)24(34)19(22(20)32)25(27)35/h6-7,12,14,17,19-20,30,36H,3-5,8-11H2,1-2H3,(H2,27,35)/t12-,14-,17?,19?,20?,26-/m0/s1. The van der Waals surface area contributed by atoms with E-state index in [0.29, 0.717) is 5.56 Å². The predicted octanol–water partition coefficient (Wildman–Crippen LogP) is -0.143. The number of benzene rings is 1. The summed E-state index contributed by atoms with van der Waals surface area (Å²) in [6.07, 6.45) is 3.48. The lowest BCUT2D eigenvalue weighted by Crippen LogP contribution is -2.74. The van der Waals surface area contributed by atoms with Gasteiger partial charge >= 0.3 is 0 Å². The minimum atomic E-state index is -2.70. The Morgan fingerprint density at radius 3 is 2.36 bits per heavy atom. The molecular formula is C26H31N3O7. The van der Waals surface area contributed by atoms with Crippen LogP contribution in [-0.4, -0.2) is 83.0 Å². The van der Waals surface area contributed by atoms with Gasteiger partial charge in [0.2, 0.25) is 5.91 Å². The number of carbonyl (C=O) groups excluding carboxylic acids is 5. The van der Waals surface area contributed by atoms with Crippen LogP contribution in [0.2, 0.25) is 0 Å². The van der Waals surface area contributed by atoms with Crippen molar-refractivity contribution < 1.29 is 34.2 Å². The number of piperidine rings is 1. The maximum atomic E-state index is 13.8. The van der Waals surface area contributed by atoms with Gasteiger partial charge < -0.3 is 20.8 Å². The second kappa shape index (κ2) is 8.48. The number of carbonyl (C=O) groups is 5. The summed E-state index contributed by atoms with van der Waals surface area (Å²) in [5.74, 6) is -10.2. The van der Waals surface area contributed by atoms with Crippen LogP contribution in [0.15, 0.2) is 12.1 Å². The monoisotopic (exact) mass is 497 g/mol. The SMILES string of the molecule is CN(C)C1C(=O)C(C(N)=O)C(=O)[C@@]2(O)C(=O)C3C(=O)c4c(O)ccc(N5CCCCC5)c4C[C@H]3C[C@@H]12. The number of aliphatic hydroxyl groups is 1. The van der Waals surface area contributed by atoms with E-state index in [2.05, 4.69) is 4.90 Å². The number of aromatic hydroxyl groups is 1. The molecule has 1 saturated heterocycles. The second-order valence-electron chi connectivity index (χ2n) is 10.8. The summed E-state index contributed by atoms with van der Waals surface area (Å²) >= 11 is 0. The maximum absolute atomic E-state index is 13.8. The van der Waals surface area contributed by atoms with E-state index >= 15 is 0 Å². The number of nitrogens with two attached hydrogens (primary N) is 1. The number of nitrogens with zero attached hydrogens (tertiary/aromatic N) is 2. The van der Waals surface area contributed by atoms with E-state index in [-0.39, 0.29) is 24.2 Å². The first-order valence-electron chi connectivity index (χ1n) is 12.4. The molecule has 5 rings (SSSR count). The zero-order valence-corrected chi connectivity index (χ0v) is 20.4. The lowest BCUT2D eigenvalue weighted by Gasteiger charge is -2.52. The van der Waals surface area contributed by atoms with Crippen molar-refractivity contribution in [3.8, 4) is 5.75 Å². The Morgan fingerprint density at radius 2 is 1.75 bits per heavy atom. The van der Waals surface area contributed by atoms with Crippen molar-refractivity contribution in [3.05, 3.63) is 23.3 Å². The molecule has 1 aliphatic heterocycles. The Bertz CT molecular complexity index is 1190. The molecule has 4 N–H and O–H groups in total. The zero-order valence-electron chi connectivity index (χ0n) is 20.4. The molecule has 0 aromatic heterocycles. The maximum Gasteiger partial charge on any atom is 0.235 e. The molecule has 1 heterocycles. The third kappa shape index (κ3) is 3.27. The molecule has 1 aromatic carbocycles. The zero-order chi connectivity index (χ0) is 26.1. The number of phenolic OH excluding ortho intramolecular Hbond substituents is 1. The number of rotatable bonds is 3. The Balaban J connectivity index is 1.62. The Morgan fingerprint density at radius 1 is 1.08 bits per heavy atom. The van der Waals surface area contributed by atoms with Crippen LogP contribution in [0.3, 0.4) is 0 Å². The first kappa shape index (κ1) is 24.6. The summed E-state index contributed by atoms with van der Waals surface area (Å²) in [6, 6.07) is 2.14. The van der Waals surface area contributed by atoms with Crippen LogP contribution in [0.25, 0.3) is 0 Å². The highest BCUT2D eigenvalue weighted by Gasteiger charge is 2.69.